The molecular weight excluding hydrogens is 254 g/mol. The van der Waals surface area contributed by atoms with Gasteiger partial charge in [-0.2, -0.15) is 0 Å². The third kappa shape index (κ3) is 3.81. The van der Waals surface area contributed by atoms with Crippen LogP contribution in [0, 0.1) is 6.92 Å². The van der Waals surface area contributed by atoms with E-state index in [2.05, 4.69) is 10.3 Å². The Bertz CT molecular complexity index is 424. The average Bonchev–Trinajstić information content (AvgIpc) is 2.31. The average molecular weight is 274 g/mol. The first-order chi connectivity index (χ1) is 8.26. The lowest BCUT2D eigenvalue weighted by molar-refractivity contribution is 0.135. The quantitative estimate of drug-likeness (QED) is 0.643. The molecule has 0 fully saturated rings. The minimum atomic E-state index is -0.749. The molecule has 0 saturated heterocycles. The molecule has 0 aromatic carbocycles. The van der Waals surface area contributed by atoms with Crippen molar-refractivity contribution in [2.75, 3.05) is 18.9 Å². The zero-order chi connectivity index (χ0) is 13.9. The van der Waals surface area contributed by atoms with Crippen LogP contribution in [0.15, 0.2) is 6.07 Å². The Morgan fingerprint density at radius 3 is 2.72 bits per heavy atom. The van der Waals surface area contributed by atoms with E-state index >= 15 is 0 Å². The van der Waals surface area contributed by atoms with E-state index in [0.29, 0.717) is 22.8 Å². The van der Waals surface area contributed by atoms with E-state index in [1.54, 1.807) is 13.0 Å². The van der Waals surface area contributed by atoms with Crippen molar-refractivity contribution < 1.29 is 10.2 Å². The number of halogens is 1. The van der Waals surface area contributed by atoms with Crippen molar-refractivity contribution in [1.29, 1.82) is 0 Å². The van der Waals surface area contributed by atoms with Crippen molar-refractivity contribution in [3.63, 3.8) is 0 Å². The summed E-state index contributed by atoms with van der Waals surface area (Å²) in [6.45, 7) is 5.75. The van der Waals surface area contributed by atoms with Gasteiger partial charge in [0.15, 0.2) is 0 Å². The number of nitrogens with zero attached hydrogens (tertiary/aromatic N) is 1. The van der Waals surface area contributed by atoms with E-state index in [1.807, 2.05) is 13.8 Å². The van der Waals surface area contributed by atoms with Crippen molar-refractivity contribution in [1.82, 2.24) is 10.3 Å². The number of hydrogen-bond acceptors (Lipinski definition) is 5. The number of aliphatic hydroxyl groups excluding tert-OH is 2. The van der Waals surface area contributed by atoms with Crippen molar-refractivity contribution in [3.8, 4) is 0 Å². The third-order valence-electron chi connectivity index (χ3n) is 2.76. The van der Waals surface area contributed by atoms with Crippen LogP contribution < -0.4 is 11.1 Å². The molecule has 0 amide bonds. The van der Waals surface area contributed by atoms with E-state index in [0.717, 1.165) is 0 Å². The summed E-state index contributed by atoms with van der Waals surface area (Å²) in [5, 5.41) is 22.6. The van der Waals surface area contributed by atoms with E-state index in [4.69, 9.17) is 22.4 Å². The molecule has 0 aliphatic rings. The molecule has 0 aliphatic heterocycles. The number of nitrogen functional groups attached to an aromatic ring is 1. The molecule has 0 spiro atoms. The molecular formula is C12H20ClN3O2. The van der Waals surface area contributed by atoms with Crippen LogP contribution in [-0.4, -0.2) is 33.9 Å². The lowest BCUT2D eigenvalue weighted by Gasteiger charge is -2.25. The Hall–Kier alpha value is -0.880. The number of pyridine rings is 1. The summed E-state index contributed by atoms with van der Waals surface area (Å²) in [4.78, 5) is 4.07. The number of β-amino-alcohol motifs (C(OH)–C–C–N with tert-alkyl or cyclic N) is 1. The minimum Gasteiger partial charge on any atom is -0.394 e. The van der Waals surface area contributed by atoms with Gasteiger partial charge in [-0.3, -0.25) is 0 Å². The fourth-order valence-electron chi connectivity index (χ4n) is 1.49. The fraction of sp³-hybridized carbons (Fsp3) is 0.583. The van der Waals surface area contributed by atoms with E-state index < -0.39 is 11.6 Å². The predicted molar refractivity (Wildman–Crippen MR) is 72.5 cm³/mol. The van der Waals surface area contributed by atoms with Gasteiger partial charge in [0, 0.05) is 23.3 Å². The van der Waals surface area contributed by atoms with E-state index in [-0.39, 0.29) is 12.4 Å². The monoisotopic (exact) mass is 273 g/mol. The normalized spacial score (nSPS) is 13.7. The maximum absolute atomic E-state index is 10.1. The molecule has 5 N–H and O–H groups in total. The molecule has 18 heavy (non-hydrogen) atoms. The molecule has 6 heteroatoms. The summed E-state index contributed by atoms with van der Waals surface area (Å²) in [6, 6.07) is 1.62. The molecule has 102 valence electrons. The smallest absolute Gasteiger partial charge is 0.142 e. The van der Waals surface area contributed by atoms with Crippen LogP contribution >= 0.6 is 11.6 Å². The van der Waals surface area contributed by atoms with Crippen LogP contribution in [0.1, 0.15) is 31.2 Å². The molecule has 1 aromatic heterocycles. The Labute approximate surface area is 112 Å². The van der Waals surface area contributed by atoms with Gasteiger partial charge >= 0.3 is 0 Å². The van der Waals surface area contributed by atoms with Gasteiger partial charge in [0.25, 0.3) is 0 Å². The maximum Gasteiger partial charge on any atom is 0.142 e. The summed E-state index contributed by atoms with van der Waals surface area (Å²) in [7, 11) is 0. The lowest BCUT2D eigenvalue weighted by atomic mass is 10.0. The highest BCUT2D eigenvalue weighted by Gasteiger charge is 2.19. The zero-order valence-electron chi connectivity index (χ0n) is 10.9. The maximum atomic E-state index is 10.1. The number of hydrogen-bond donors (Lipinski definition) is 4. The molecule has 0 radical (unpaired) electrons. The predicted octanol–water partition coefficient (Wildman–Crippen LogP) is 1.02. The number of rotatable bonds is 5. The van der Waals surface area contributed by atoms with Gasteiger partial charge in [-0.15, -0.1) is 0 Å². The van der Waals surface area contributed by atoms with Crippen molar-refractivity contribution in [2.24, 2.45) is 0 Å². The third-order valence-corrected chi connectivity index (χ3v) is 3.06. The van der Waals surface area contributed by atoms with Crippen LogP contribution in [0.4, 0.5) is 5.82 Å². The van der Waals surface area contributed by atoms with Gasteiger partial charge in [0.1, 0.15) is 5.82 Å². The molecule has 1 heterocycles. The Kier molecular flexibility index (Phi) is 4.92. The van der Waals surface area contributed by atoms with Gasteiger partial charge in [0.05, 0.1) is 17.7 Å². The minimum absolute atomic E-state index is 0.0144. The summed E-state index contributed by atoms with van der Waals surface area (Å²) in [5.41, 5.74) is 6.42. The topological polar surface area (TPSA) is 91.4 Å². The van der Waals surface area contributed by atoms with Gasteiger partial charge < -0.3 is 21.3 Å². The second kappa shape index (κ2) is 5.84. The second-order valence-electron chi connectivity index (χ2n) is 4.97. The highest BCUT2D eigenvalue weighted by Crippen LogP contribution is 2.24. The van der Waals surface area contributed by atoms with Crippen LogP contribution in [0.3, 0.4) is 0 Å². The first kappa shape index (κ1) is 15.2. The molecule has 1 rings (SSSR count). The SMILES string of the molecule is Cc1nc(N)c(Cl)cc1[C@@H](O)CNC(C)(C)CO. The largest absolute Gasteiger partial charge is 0.394 e. The number of anilines is 1. The number of aryl methyl sites for hydroxylation is 1. The van der Waals surface area contributed by atoms with Crippen LogP contribution in [-0.2, 0) is 0 Å². The summed E-state index contributed by atoms with van der Waals surface area (Å²) >= 11 is 5.89. The van der Waals surface area contributed by atoms with Crippen LogP contribution in [0.2, 0.25) is 5.02 Å². The van der Waals surface area contributed by atoms with Gasteiger partial charge in [0.2, 0.25) is 0 Å². The molecule has 0 unspecified atom stereocenters. The molecule has 0 aliphatic carbocycles. The van der Waals surface area contributed by atoms with Gasteiger partial charge in [-0.1, -0.05) is 11.6 Å². The number of aliphatic hydroxyl groups is 2. The van der Waals surface area contributed by atoms with Crippen LogP contribution in [0.5, 0.6) is 0 Å². The summed E-state index contributed by atoms with van der Waals surface area (Å²) in [5.74, 6) is 0.258. The number of nitrogens with two attached hydrogens (primary N) is 1. The highest BCUT2D eigenvalue weighted by atomic mass is 35.5. The molecule has 5 nitrogen and oxygen atoms in total. The van der Waals surface area contributed by atoms with Crippen LogP contribution in [0.25, 0.3) is 0 Å². The summed E-state index contributed by atoms with van der Waals surface area (Å²) < 4.78 is 0. The van der Waals surface area contributed by atoms with Gasteiger partial charge in [-0.25, -0.2) is 4.98 Å². The Morgan fingerprint density at radius 1 is 1.56 bits per heavy atom. The van der Waals surface area contributed by atoms with E-state index in [9.17, 15) is 5.11 Å². The van der Waals surface area contributed by atoms with Crippen molar-refractivity contribution in [3.05, 3.63) is 22.3 Å². The highest BCUT2D eigenvalue weighted by molar-refractivity contribution is 6.32. The van der Waals surface area contributed by atoms with Crippen molar-refractivity contribution >= 4 is 17.4 Å². The van der Waals surface area contributed by atoms with Crippen molar-refractivity contribution in [2.45, 2.75) is 32.4 Å². The Balaban J connectivity index is 2.79. The molecule has 1 atom stereocenters. The molecule has 0 saturated carbocycles. The Morgan fingerprint density at radius 2 is 2.17 bits per heavy atom. The van der Waals surface area contributed by atoms with Gasteiger partial charge in [-0.05, 0) is 26.8 Å². The summed E-state index contributed by atoms with van der Waals surface area (Å²) in [6.07, 6.45) is -0.749. The van der Waals surface area contributed by atoms with E-state index in [1.165, 1.54) is 0 Å². The molecule has 0 bridgehead atoms. The number of aromatic nitrogens is 1. The standard InChI is InChI=1S/C12H20ClN3O2/c1-7-8(4-9(13)11(14)16-7)10(18)5-15-12(2,3)6-17/h4,10,15,17-18H,5-6H2,1-3H3,(H2,14,16)/t10-/m0/s1. The number of nitrogens with one attached hydrogen (secondary N) is 1. The fourth-order valence-corrected chi connectivity index (χ4v) is 1.65. The lowest BCUT2D eigenvalue weighted by Crippen LogP contribution is -2.44. The first-order valence-corrected chi connectivity index (χ1v) is 6.11. The second-order valence-corrected chi connectivity index (χ2v) is 5.38. The molecule has 1 aromatic rings. The first-order valence-electron chi connectivity index (χ1n) is 5.73. The zero-order valence-corrected chi connectivity index (χ0v) is 11.6.